The molecule has 142 valence electrons. The Morgan fingerprint density at radius 3 is 2.78 bits per heavy atom. The maximum absolute atomic E-state index is 12.0. The molecule has 0 fully saturated rings. The fourth-order valence-electron chi connectivity index (χ4n) is 2.39. The molecule has 0 unspecified atom stereocenters. The van der Waals surface area contributed by atoms with E-state index in [0.717, 1.165) is 16.7 Å². The highest BCUT2D eigenvalue weighted by atomic mass is 32.2. The summed E-state index contributed by atoms with van der Waals surface area (Å²) in [5.41, 5.74) is 2.43. The van der Waals surface area contributed by atoms with Gasteiger partial charge in [0.15, 0.2) is 10.9 Å². The highest BCUT2D eigenvalue weighted by Gasteiger charge is 2.15. The second kappa shape index (κ2) is 8.83. The molecule has 0 saturated heterocycles. The Bertz CT molecular complexity index is 904. The summed E-state index contributed by atoms with van der Waals surface area (Å²) in [7, 11) is 1.58. The van der Waals surface area contributed by atoms with Gasteiger partial charge in [-0.3, -0.25) is 9.36 Å². The predicted octanol–water partition coefficient (Wildman–Crippen LogP) is 2.54. The third kappa shape index (κ3) is 4.75. The van der Waals surface area contributed by atoms with E-state index in [4.69, 9.17) is 9.15 Å². The van der Waals surface area contributed by atoms with Crippen molar-refractivity contribution in [1.29, 1.82) is 0 Å². The van der Waals surface area contributed by atoms with Crippen LogP contribution in [0.5, 0.6) is 0 Å². The number of carbonyl (C=O) groups is 1. The SMILES string of the molecule is COCCNC(=O)c1coc(CSc2nnc(C)n2-c2ccc(C)cc2)n1. The second-order valence-electron chi connectivity index (χ2n) is 5.86. The van der Waals surface area contributed by atoms with Gasteiger partial charge in [-0.2, -0.15) is 0 Å². The van der Waals surface area contributed by atoms with Gasteiger partial charge in [0.05, 0.1) is 12.4 Å². The number of aromatic nitrogens is 4. The lowest BCUT2D eigenvalue weighted by Crippen LogP contribution is -2.27. The molecule has 0 aliphatic rings. The summed E-state index contributed by atoms with van der Waals surface area (Å²) in [5.74, 6) is 1.40. The second-order valence-corrected chi connectivity index (χ2v) is 6.81. The monoisotopic (exact) mass is 387 g/mol. The first-order valence-electron chi connectivity index (χ1n) is 8.42. The zero-order valence-electron chi connectivity index (χ0n) is 15.4. The van der Waals surface area contributed by atoms with Gasteiger partial charge in [0, 0.05) is 19.3 Å². The Balaban J connectivity index is 1.66. The van der Waals surface area contributed by atoms with Crippen LogP contribution in [0.4, 0.5) is 0 Å². The zero-order valence-corrected chi connectivity index (χ0v) is 16.2. The first kappa shape index (κ1) is 19.1. The Labute approximate surface area is 161 Å². The Hall–Kier alpha value is -2.65. The van der Waals surface area contributed by atoms with E-state index in [9.17, 15) is 4.79 Å². The largest absolute Gasteiger partial charge is 0.447 e. The number of rotatable bonds is 8. The predicted molar refractivity (Wildman–Crippen MR) is 101 cm³/mol. The van der Waals surface area contributed by atoms with Crippen molar-refractivity contribution in [2.75, 3.05) is 20.3 Å². The number of oxazole rings is 1. The number of amides is 1. The van der Waals surface area contributed by atoms with E-state index in [-0.39, 0.29) is 11.6 Å². The van der Waals surface area contributed by atoms with Crippen molar-refractivity contribution in [2.24, 2.45) is 0 Å². The number of nitrogens with zero attached hydrogens (tertiary/aromatic N) is 4. The van der Waals surface area contributed by atoms with Crippen molar-refractivity contribution >= 4 is 17.7 Å². The van der Waals surface area contributed by atoms with Crippen molar-refractivity contribution < 1.29 is 13.9 Å². The summed E-state index contributed by atoms with van der Waals surface area (Å²) in [6.45, 7) is 4.82. The lowest BCUT2D eigenvalue weighted by atomic mass is 10.2. The van der Waals surface area contributed by atoms with Gasteiger partial charge in [0.1, 0.15) is 12.1 Å². The molecule has 3 rings (SSSR count). The minimum absolute atomic E-state index is 0.248. The van der Waals surface area contributed by atoms with Crippen molar-refractivity contribution in [1.82, 2.24) is 25.1 Å². The van der Waals surface area contributed by atoms with Gasteiger partial charge < -0.3 is 14.5 Å². The zero-order chi connectivity index (χ0) is 19.2. The third-order valence-electron chi connectivity index (χ3n) is 3.79. The molecular weight excluding hydrogens is 366 g/mol. The van der Waals surface area contributed by atoms with E-state index >= 15 is 0 Å². The van der Waals surface area contributed by atoms with Crippen LogP contribution in [0.25, 0.3) is 5.69 Å². The van der Waals surface area contributed by atoms with Crippen LogP contribution >= 0.6 is 11.8 Å². The van der Waals surface area contributed by atoms with Crippen LogP contribution in [0.3, 0.4) is 0 Å². The van der Waals surface area contributed by atoms with E-state index in [1.165, 1.54) is 23.6 Å². The first-order chi connectivity index (χ1) is 13.1. The summed E-state index contributed by atoms with van der Waals surface area (Å²) in [6, 6.07) is 8.16. The van der Waals surface area contributed by atoms with Crippen LogP contribution < -0.4 is 5.32 Å². The fourth-order valence-corrected chi connectivity index (χ4v) is 3.24. The molecule has 9 heteroatoms. The Morgan fingerprint density at radius 2 is 2.04 bits per heavy atom. The molecule has 0 radical (unpaired) electrons. The maximum atomic E-state index is 12.0. The number of benzene rings is 1. The summed E-state index contributed by atoms with van der Waals surface area (Å²) >= 11 is 1.45. The van der Waals surface area contributed by atoms with Gasteiger partial charge in [0.2, 0.25) is 5.89 Å². The van der Waals surface area contributed by atoms with E-state index in [0.29, 0.717) is 24.8 Å². The van der Waals surface area contributed by atoms with Gasteiger partial charge in [-0.15, -0.1) is 10.2 Å². The van der Waals surface area contributed by atoms with E-state index < -0.39 is 0 Å². The van der Waals surface area contributed by atoms with Gasteiger partial charge in [-0.25, -0.2) is 4.98 Å². The molecule has 2 heterocycles. The molecule has 0 saturated carbocycles. The summed E-state index contributed by atoms with van der Waals surface area (Å²) in [4.78, 5) is 16.2. The van der Waals surface area contributed by atoms with E-state index in [2.05, 4.69) is 20.5 Å². The summed E-state index contributed by atoms with van der Waals surface area (Å²) in [6.07, 6.45) is 1.36. The minimum atomic E-state index is -0.286. The van der Waals surface area contributed by atoms with Crippen LogP contribution in [-0.4, -0.2) is 45.9 Å². The number of thioether (sulfide) groups is 1. The third-order valence-corrected chi connectivity index (χ3v) is 4.70. The lowest BCUT2D eigenvalue weighted by Gasteiger charge is -2.08. The van der Waals surface area contributed by atoms with E-state index in [1.807, 2.05) is 42.7 Å². The number of ether oxygens (including phenoxy) is 1. The van der Waals surface area contributed by atoms with Crippen LogP contribution in [0.2, 0.25) is 0 Å². The van der Waals surface area contributed by atoms with Gasteiger partial charge in [0.25, 0.3) is 5.91 Å². The Kier molecular flexibility index (Phi) is 6.25. The quantitative estimate of drug-likeness (QED) is 0.469. The minimum Gasteiger partial charge on any atom is -0.447 e. The van der Waals surface area contributed by atoms with Crippen molar-refractivity contribution in [2.45, 2.75) is 24.8 Å². The van der Waals surface area contributed by atoms with Crippen LogP contribution in [0, 0.1) is 13.8 Å². The molecule has 27 heavy (non-hydrogen) atoms. The number of carbonyl (C=O) groups excluding carboxylic acids is 1. The molecule has 1 aromatic carbocycles. The van der Waals surface area contributed by atoms with Crippen molar-refractivity contribution in [3.8, 4) is 5.69 Å². The topological polar surface area (TPSA) is 95.1 Å². The molecule has 0 aliphatic heterocycles. The molecule has 0 aliphatic carbocycles. The number of hydrogen-bond acceptors (Lipinski definition) is 7. The molecule has 8 nitrogen and oxygen atoms in total. The maximum Gasteiger partial charge on any atom is 0.273 e. The molecule has 0 bridgehead atoms. The molecule has 0 atom stereocenters. The highest BCUT2D eigenvalue weighted by Crippen LogP contribution is 2.25. The van der Waals surface area contributed by atoms with Crippen LogP contribution in [0.15, 0.2) is 40.1 Å². The number of hydrogen-bond donors (Lipinski definition) is 1. The smallest absolute Gasteiger partial charge is 0.273 e. The number of aryl methyl sites for hydroxylation is 2. The lowest BCUT2D eigenvalue weighted by molar-refractivity contribution is 0.0932. The van der Waals surface area contributed by atoms with Crippen LogP contribution in [0.1, 0.15) is 27.8 Å². The summed E-state index contributed by atoms with van der Waals surface area (Å²) < 4.78 is 12.3. The Morgan fingerprint density at radius 1 is 1.26 bits per heavy atom. The van der Waals surface area contributed by atoms with Crippen molar-refractivity contribution in [3.63, 3.8) is 0 Å². The molecular formula is C18H21N5O3S. The van der Waals surface area contributed by atoms with Crippen LogP contribution in [-0.2, 0) is 10.5 Å². The number of nitrogens with one attached hydrogen (secondary N) is 1. The first-order valence-corrected chi connectivity index (χ1v) is 9.40. The summed E-state index contributed by atoms with van der Waals surface area (Å²) in [5, 5.41) is 11.8. The molecule has 3 aromatic rings. The van der Waals surface area contributed by atoms with Gasteiger partial charge in [-0.1, -0.05) is 29.5 Å². The normalized spacial score (nSPS) is 10.9. The molecule has 0 spiro atoms. The van der Waals surface area contributed by atoms with Gasteiger partial charge >= 0.3 is 0 Å². The molecule has 2 aromatic heterocycles. The van der Waals surface area contributed by atoms with Crippen molar-refractivity contribution in [3.05, 3.63) is 53.5 Å². The highest BCUT2D eigenvalue weighted by molar-refractivity contribution is 7.98. The fraction of sp³-hybridized carbons (Fsp3) is 0.333. The van der Waals surface area contributed by atoms with E-state index in [1.54, 1.807) is 7.11 Å². The standard InChI is InChI=1S/C18H21N5O3S/c1-12-4-6-14(7-5-12)23-13(2)21-22-18(23)27-11-16-20-15(10-26-16)17(24)19-8-9-25-3/h4-7,10H,8-9,11H2,1-3H3,(H,19,24). The molecule has 1 N–H and O–H groups in total. The average Bonchev–Trinajstić information content (AvgIpc) is 3.28. The molecule has 1 amide bonds. The average molecular weight is 387 g/mol. The number of methoxy groups -OCH3 is 1. The van der Waals surface area contributed by atoms with Gasteiger partial charge in [-0.05, 0) is 26.0 Å².